The summed E-state index contributed by atoms with van der Waals surface area (Å²) in [5.74, 6) is 4.53. The maximum atomic E-state index is 6.00. The molecule has 1 aliphatic rings. The highest BCUT2D eigenvalue weighted by molar-refractivity contribution is 5.79. The van der Waals surface area contributed by atoms with E-state index in [2.05, 4.69) is 31.9 Å². The molecule has 1 fully saturated rings. The Hall–Kier alpha value is -3.55. The number of benzene rings is 2. The summed E-state index contributed by atoms with van der Waals surface area (Å²) in [5, 5.41) is 13.9. The van der Waals surface area contributed by atoms with Crippen molar-refractivity contribution in [1.29, 1.82) is 0 Å². The summed E-state index contributed by atoms with van der Waals surface area (Å²) < 4.78 is 11.2. The molecule has 0 bridgehead atoms. The summed E-state index contributed by atoms with van der Waals surface area (Å²) in [6, 6.07) is 15.8. The second kappa shape index (κ2) is 10.7. The van der Waals surface area contributed by atoms with Crippen molar-refractivity contribution in [1.82, 2.24) is 25.8 Å². The van der Waals surface area contributed by atoms with Crippen molar-refractivity contribution >= 4 is 5.96 Å². The van der Waals surface area contributed by atoms with Gasteiger partial charge in [-0.1, -0.05) is 18.2 Å². The van der Waals surface area contributed by atoms with Crippen LogP contribution < -0.4 is 20.1 Å². The fourth-order valence-corrected chi connectivity index (χ4v) is 3.18. The Morgan fingerprint density at radius 1 is 1.12 bits per heavy atom. The summed E-state index contributed by atoms with van der Waals surface area (Å²) in [4.78, 5) is 9.30. The Morgan fingerprint density at radius 3 is 2.69 bits per heavy atom. The lowest BCUT2D eigenvalue weighted by Gasteiger charge is -2.12. The zero-order valence-electron chi connectivity index (χ0n) is 18.6. The molecule has 1 aromatic heterocycles. The van der Waals surface area contributed by atoms with E-state index in [0.717, 1.165) is 47.5 Å². The van der Waals surface area contributed by atoms with E-state index < -0.39 is 0 Å². The number of aromatic nitrogens is 3. The predicted octanol–water partition coefficient (Wildman–Crippen LogP) is 3.52. The number of hydrogen-bond donors (Lipinski definition) is 3. The van der Waals surface area contributed by atoms with Crippen molar-refractivity contribution in [2.75, 3.05) is 20.3 Å². The van der Waals surface area contributed by atoms with Gasteiger partial charge in [0, 0.05) is 17.7 Å². The van der Waals surface area contributed by atoms with Crippen LogP contribution in [0.3, 0.4) is 0 Å². The number of H-pyrrole nitrogens is 1. The van der Waals surface area contributed by atoms with Crippen LogP contribution in [0.15, 0.2) is 53.5 Å². The third-order valence-corrected chi connectivity index (χ3v) is 5.20. The number of methoxy groups -OCH3 is 1. The predicted molar refractivity (Wildman–Crippen MR) is 125 cm³/mol. The number of nitrogens with one attached hydrogen (secondary N) is 3. The van der Waals surface area contributed by atoms with Gasteiger partial charge in [0.05, 0.1) is 26.8 Å². The number of aliphatic imine (C=N–C) groups is 1. The highest BCUT2D eigenvalue weighted by atomic mass is 16.5. The molecule has 8 heteroatoms. The molecule has 0 spiro atoms. The average Bonchev–Trinajstić information content (AvgIpc) is 3.55. The van der Waals surface area contributed by atoms with Gasteiger partial charge in [-0.3, -0.25) is 5.10 Å². The van der Waals surface area contributed by atoms with Gasteiger partial charge in [-0.2, -0.15) is 5.10 Å². The van der Waals surface area contributed by atoms with Gasteiger partial charge in [-0.15, -0.1) is 0 Å². The molecule has 0 aliphatic heterocycles. The SMILES string of the molecule is CCNC(=NCc1ccccc1OCC1CC1)NCc1nc(-c2ccc(OC)cc2)n[nH]1. The van der Waals surface area contributed by atoms with Crippen molar-refractivity contribution in [2.45, 2.75) is 32.9 Å². The van der Waals surface area contributed by atoms with Crippen LogP contribution in [-0.2, 0) is 13.1 Å². The number of guanidine groups is 1. The van der Waals surface area contributed by atoms with Crippen LogP contribution in [0.2, 0.25) is 0 Å². The number of ether oxygens (including phenoxy) is 2. The quantitative estimate of drug-likeness (QED) is 0.334. The van der Waals surface area contributed by atoms with Gasteiger partial charge >= 0.3 is 0 Å². The maximum absolute atomic E-state index is 6.00. The highest BCUT2D eigenvalue weighted by Crippen LogP contribution is 2.30. The molecule has 3 N–H and O–H groups in total. The lowest BCUT2D eigenvalue weighted by Crippen LogP contribution is -2.37. The Bertz CT molecular complexity index is 1030. The van der Waals surface area contributed by atoms with E-state index in [9.17, 15) is 0 Å². The molecule has 0 radical (unpaired) electrons. The zero-order chi connectivity index (χ0) is 22.2. The van der Waals surface area contributed by atoms with E-state index in [-0.39, 0.29) is 0 Å². The van der Waals surface area contributed by atoms with Crippen molar-refractivity contribution in [3.63, 3.8) is 0 Å². The fourth-order valence-electron chi connectivity index (χ4n) is 3.18. The van der Waals surface area contributed by atoms with Gasteiger partial charge in [-0.05, 0) is 56.0 Å². The van der Waals surface area contributed by atoms with E-state index in [1.807, 2.05) is 49.4 Å². The van der Waals surface area contributed by atoms with Gasteiger partial charge < -0.3 is 20.1 Å². The molecule has 168 valence electrons. The van der Waals surface area contributed by atoms with Crippen LogP contribution in [0, 0.1) is 5.92 Å². The van der Waals surface area contributed by atoms with Gasteiger partial charge in [0.25, 0.3) is 0 Å². The lowest BCUT2D eigenvalue weighted by molar-refractivity contribution is 0.297. The van der Waals surface area contributed by atoms with E-state index in [4.69, 9.17) is 14.5 Å². The van der Waals surface area contributed by atoms with E-state index >= 15 is 0 Å². The molecule has 1 heterocycles. The summed E-state index contributed by atoms with van der Waals surface area (Å²) in [6.07, 6.45) is 2.55. The molecular weight excluding hydrogens is 404 g/mol. The summed E-state index contributed by atoms with van der Waals surface area (Å²) in [7, 11) is 1.65. The summed E-state index contributed by atoms with van der Waals surface area (Å²) in [5.41, 5.74) is 2.00. The third-order valence-electron chi connectivity index (χ3n) is 5.20. The van der Waals surface area contributed by atoms with E-state index in [1.54, 1.807) is 7.11 Å². The number of hydrogen-bond acceptors (Lipinski definition) is 5. The number of para-hydroxylation sites is 1. The lowest BCUT2D eigenvalue weighted by atomic mass is 10.2. The monoisotopic (exact) mass is 434 g/mol. The average molecular weight is 435 g/mol. The first kappa shape index (κ1) is 21.7. The Morgan fingerprint density at radius 2 is 1.94 bits per heavy atom. The van der Waals surface area contributed by atoms with Crippen LogP contribution in [0.4, 0.5) is 0 Å². The fraction of sp³-hybridized carbons (Fsp3) is 0.375. The largest absolute Gasteiger partial charge is 0.497 e. The standard InChI is InChI=1S/C24H30N6O2/c1-3-25-24(26-14-19-6-4-5-7-21(19)32-16-17-8-9-17)27-15-22-28-23(30-29-22)18-10-12-20(31-2)13-11-18/h4-7,10-13,17H,3,8-9,14-16H2,1-2H3,(H2,25,26,27)(H,28,29,30). The molecule has 0 saturated heterocycles. The molecule has 3 aromatic rings. The molecule has 1 aliphatic carbocycles. The molecule has 1 saturated carbocycles. The highest BCUT2D eigenvalue weighted by Gasteiger charge is 2.22. The van der Waals surface area contributed by atoms with E-state index in [0.29, 0.717) is 24.9 Å². The molecule has 0 unspecified atom stereocenters. The van der Waals surface area contributed by atoms with Crippen LogP contribution in [0.1, 0.15) is 31.2 Å². The molecule has 4 rings (SSSR count). The minimum Gasteiger partial charge on any atom is -0.497 e. The first-order valence-electron chi connectivity index (χ1n) is 11.0. The summed E-state index contributed by atoms with van der Waals surface area (Å²) in [6.45, 7) is 4.61. The van der Waals surface area contributed by atoms with Crippen molar-refractivity contribution in [2.24, 2.45) is 10.9 Å². The smallest absolute Gasteiger partial charge is 0.191 e. The molecule has 0 atom stereocenters. The molecule has 0 amide bonds. The van der Waals surface area contributed by atoms with Crippen LogP contribution in [0.25, 0.3) is 11.4 Å². The molecule has 2 aromatic carbocycles. The van der Waals surface area contributed by atoms with Crippen molar-refractivity contribution in [3.05, 3.63) is 59.9 Å². The minimum absolute atomic E-state index is 0.481. The zero-order valence-corrected chi connectivity index (χ0v) is 18.6. The first-order valence-corrected chi connectivity index (χ1v) is 11.0. The van der Waals surface area contributed by atoms with Gasteiger partial charge in [-0.25, -0.2) is 9.98 Å². The number of aromatic amines is 1. The second-order valence-electron chi connectivity index (χ2n) is 7.75. The Kier molecular flexibility index (Phi) is 7.22. The normalized spacial score (nSPS) is 13.6. The van der Waals surface area contributed by atoms with Gasteiger partial charge in [0.15, 0.2) is 11.8 Å². The maximum Gasteiger partial charge on any atom is 0.191 e. The topological polar surface area (TPSA) is 96.5 Å². The van der Waals surface area contributed by atoms with Crippen LogP contribution in [0.5, 0.6) is 11.5 Å². The van der Waals surface area contributed by atoms with Crippen LogP contribution in [-0.4, -0.2) is 41.4 Å². The Labute approximate surface area is 188 Å². The summed E-state index contributed by atoms with van der Waals surface area (Å²) >= 11 is 0. The second-order valence-corrected chi connectivity index (χ2v) is 7.75. The third kappa shape index (κ3) is 6.00. The minimum atomic E-state index is 0.481. The first-order chi connectivity index (χ1) is 15.7. The van der Waals surface area contributed by atoms with E-state index in [1.165, 1.54) is 12.8 Å². The van der Waals surface area contributed by atoms with Gasteiger partial charge in [0.2, 0.25) is 0 Å². The van der Waals surface area contributed by atoms with Crippen LogP contribution >= 0.6 is 0 Å². The number of rotatable bonds is 10. The van der Waals surface area contributed by atoms with Crippen molar-refractivity contribution < 1.29 is 9.47 Å². The molecule has 32 heavy (non-hydrogen) atoms. The number of nitrogens with zero attached hydrogens (tertiary/aromatic N) is 3. The van der Waals surface area contributed by atoms with Crippen molar-refractivity contribution in [3.8, 4) is 22.9 Å². The molecule has 8 nitrogen and oxygen atoms in total. The molecular formula is C24H30N6O2. The Balaban J connectivity index is 1.36. The van der Waals surface area contributed by atoms with Gasteiger partial charge in [0.1, 0.15) is 17.3 Å².